The molecule has 4 nitrogen and oxygen atoms in total. The zero-order valence-electron chi connectivity index (χ0n) is 10.4. The van der Waals surface area contributed by atoms with Gasteiger partial charge in [0, 0.05) is 6.61 Å². The van der Waals surface area contributed by atoms with Crippen LogP contribution in [0.4, 0.5) is 0 Å². The third-order valence-corrected chi connectivity index (χ3v) is 4.70. The predicted molar refractivity (Wildman–Crippen MR) is 67.6 cm³/mol. The summed E-state index contributed by atoms with van der Waals surface area (Å²) in [4.78, 5) is 16.7. The van der Waals surface area contributed by atoms with E-state index in [1.54, 1.807) is 6.20 Å². The Bertz CT molecular complexity index is 439. The van der Waals surface area contributed by atoms with Crippen LogP contribution in [-0.2, 0) is 9.47 Å². The Labute approximate surface area is 110 Å². The van der Waals surface area contributed by atoms with Gasteiger partial charge in [0.1, 0.15) is 16.0 Å². The molecule has 0 N–H and O–H groups in total. The lowest BCUT2D eigenvalue weighted by atomic mass is 10.2. The average molecular weight is 267 g/mol. The van der Waals surface area contributed by atoms with Crippen molar-refractivity contribution in [1.82, 2.24) is 4.98 Å². The second-order valence-corrected chi connectivity index (χ2v) is 6.20. The molecule has 0 amide bonds. The Morgan fingerprint density at radius 2 is 2.50 bits per heavy atom. The topological polar surface area (TPSA) is 48.4 Å². The van der Waals surface area contributed by atoms with Crippen LogP contribution in [0.25, 0.3) is 0 Å². The molecule has 3 atom stereocenters. The van der Waals surface area contributed by atoms with Crippen molar-refractivity contribution in [3.8, 4) is 0 Å². The standard InChI is InChI=1S/C13H17NO3S/c1-8-5-9(8)7-17-13(15)11-6-14-12(18-11)10-3-2-4-16-10/h6,8-10H,2-5,7H2,1H3/t8-,9+,10+/m1/s1. The Hall–Kier alpha value is -0.940. The van der Waals surface area contributed by atoms with Gasteiger partial charge in [-0.3, -0.25) is 0 Å². The number of esters is 1. The molecule has 0 bridgehead atoms. The number of carbonyl (C=O) groups excluding carboxylic acids is 1. The maximum Gasteiger partial charge on any atom is 0.349 e. The summed E-state index contributed by atoms with van der Waals surface area (Å²) in [6.07, 6.45) is 4.95. The van der Waals surface area contributed by atoms with Gasteiger partial charge in [-0.05, 0) is 31.1 Å². The molecule has 1 aromatic rings. The molecule has 1 aliphatic heterocycles. The molecule has 5 heteroatoms. The molecule has 1 saturated carbocycles. The van der Waals surface area contributed by atoms with E-state index in [0.717, 1.165) is 24.5 Å². The summed E-state index contributed by atoms with van der Waals surface area (Å²) in [5, 5.41) is 0.902. The number of thiazole rings is 1. The summed E-state index contributed by atoms with van der Waals surface area (Å²) in [5.41, 5.74) is 0. The fraction of sp³-hybridized carbons (Fsp3) is 0.692. The number of nitrogens with zero attached hydrogens (tertiary/aromatic N) is 1. The van der Waals surface area contributed by atoms with Gasteiger partial charge in [-0.2, -0.15) is 0 Å². The van der Waals surface area contributed by atoms with Crippen LogP contribution < -0.4 is 0 Å². The first kappa shape index (κ1) is 12.1. The van der Waals surface area contributed by atoms with E-state index < -0.39 is 0 Å². The summed E-state index contributed by atoms with van der Waals surface area (Å²) in [5.74, 6) is 1.04. The second-order valence-electron chi connectivity index (χ2n) is 5.14. The smallest absolute Gasteiger partial charge is 0.349 e. The fourth-order valence-corrected chi connectivity index (χ4v) is 3.08. The zero-order valence-corrected chi connectivity index (χ0v) is 11.2. The van der Waals surface area contributed by atoms with Gasteiger partial charge in [-0.15, -0.1) is 11.3 Å². The first-order valence-electron chi connectivity index (χ1n) is 6.48. The number of aromatic nitrogens is 1. The van der Waals surface area contributed by atoms with Crippen LogP contribution in [0, 0.1) is 11.8 Å². The molecule has 0 radical (unpaired) electrons. The number of hydrogen-bond acceptors (Lipinski definition) is 5. The normalized spacial score (nSPS) is 30.4. The van der Waals surface area contributed by atoms with Crippen molar-refractivity contribution in [3.63, 3.8) is 0 Å². The first-order valence-corrected chi connectivity index (χ1v) is 7.30. The number of carbonyl (C=O) groups is 1. The van der Waals surface area contributed by atoms with E-state index >= 15 is 0 Å². The van der Waals surface area contributed by atoms with Gasteiger partial charge >= 0.3 is 5.97 Å². The summed E-state index contributed by atoms with van der Waals surface area (Å²) in [7, 11) is 0. The Kier molecular flexibility index (Phi) is 3.35. The van der Waals surface area contributed by atoms with Gasteiger partial charge in [0.15, 0.2) is 0 Å². The van der Waals surface area contributed by atoms with E-state index in [-0.39, 0.29) is 12.1 Å². The lowest BCUT2D eigenvalue weighted by Gasteiger charge is -2.03. The highest BCUT2D eigenvalue weighted by molar-refractivity contribution is 7.13. The molecular weight excluding hydrogens is 250 g/mol. The summed E-state index contributed by atoms with van der Waals surface area (Å²) in [6.45, 7) is 3.53. The largest absolute Gasteiger partial charge is 0.461 e. The molecule has 98 valence electrons. The monoisotopic (exact) mass is 267 g/mol. The Morgan fingerprint density at radius 1 is 1.67 bits per heavy atom. The Balaban J connectivity index is 1.56. The van der Waals surface area contributed by atoms with Crippen LogP contribution in [-0.4, -0.2) is 24.2 Å². The fourth-order valence-electron chi connectivity index (χ4n) is 2.19. The van der Waals surface area contributed by atoms with Gasteiger partial charge in [-0.25, -0.2) is 9.78 Å². The third-order valence-electron chi connectivity index (χ3n) is 3.63. The van der Waals surface area contributed by atoms with Gasteiger partial charge < -0.3 is 9.47 Å². The van der Waals surface area contributed by atoms with Crippen LogP contribution in [0.1, 0.15) is 47.0 Å². The maximum atomic E-state index is 11.8. The predicted octanol–water partition coefficient (Wildman–Crippen LogP) is 2.81. The quantitative estimate of drug-likeness (QED) is 0.787. The van der Waals surface area contributed by atoms with Crippen molar-refractivity contribution in [1.29, 1.82) is 0 Å². The van der Waals surface area contributed by atoms with E-state index in [1.807, 2.05) is 0 Å². The maximum absolute atomic E-state index is 11.8. The van der Waals surface area contributed by atoms with E-state index in [9.17, 15) is 4.79 Å². The molecule has 2 aliphatic rings. The minimum Gasteiger partial charge on any atom is -0.461 e. The van der Waals surface area contributed by atoms with E-state index in [2.05, 4.69) is 11.9 Å². The molecular formula is C13H17NO3S. The van der Waals surface area contributed by atoms with Crippen LogP contribution in [0.3, 0.4) is 0 Å². The number of rotatable bonds is 4. The minimum absolute atomic E-state index is 0.0833. The molecule has 0 aromatic carbocycles. The van der Waals surface area contributed by atoms with Crippen molar-refractivity contribution in [2.45, 2.75) is 32.3 Å². The van der Waals surface area contributed by atoms with Crippen LogP contribution in [0.15, 0.2) is 6.20 Å². The summed E-state index contributed by atoms with van der Waals surface area (Å²) in [6, 6.07) is 0. The second kappa shape index (κ2) is 4.97. The number of hydrogen-bond donors (Lipinski definition) is 0. The van der Waals surface area contributed by atoms with E-state index in [1.165, 1.54) is 17.8 Å². The van der Waals surface area contributed by atoms with Gasteiger partial charge in [0.25, 0.3) is 0 Å². The van der Waals surface area contributed by atoms with Crippen LogP contribution in [0.5, 0.6) is 0 Å². The van der Waals surface area contributed by atoms with E-state index in [4.69, 9.17) is 9.47 Å². The third kappa shape index (κ3) is 2.57. The molecule has 2 heterocycles. The molecule has 0 unspecified atom stereocenters. The first-order chi connectivity index (χ1) is 8.74. The Morgan fingerprint density at radius 3 is 3.17 bits per heavy atom. The minimum atomic E-state index is -0.240. The van der Waals surface area contributed by atoms with E-state index in [0.29, 0.717) is 23.3 Å². The lowest BCUT2D eigenvalue weighted by molar-refractivity contribution is 0.0487. The SMILES string of the molecule is C[C@@H]1C[C@H]1COC(=O)c1cnc([C@@H]2CCCO2)s1. The van der Waals surface area contributed by atoms with Gasteiger partial charge in [0.05, 0.1) is 12.8 Å². The van der Waals surface area contributed by atoms with Crippen molar-refractivity contribution in [3.05, 3.63) is 16.1 Å². The summed E-state index contributed by atoms with van der Waals surface area (Å²) < 4.78 is 10.8. The van der Waals surface area contributed by atoms with Crippen molar-refractivity contribution < 1.29 is 14.3 Å². The highest BCUT2D eigenvalue weighted by Crippen LogP contribution is 2.38. The van der Waals surface area contributed by atoms with Crippen LogP contribution >= 0.6 is 11.3 Å². The molecule has 1 aliphatic carbocycles. The van der Waals surface area contributed by atoms with Crippen molar-refractivity contribution in [2.75, 3.05) is 13.2 Å². The van der Waals surface area contributed by atoms with Crippen LogP contribution in [0.2, 0.25) is 0 Å². The van der Waals surface area contributed by atoms with Crippen molar-refractivity contribution >= 4 is 17.3 Å². The highest BCUT2D eigenvalue weighted by Gasteiger charge is 2.34. The highest BCUT2D eigenvalue weighted by atomic mass is 32.1. The molecule has 1 saturated heterocycles. The molecule has 1 aromatic heterocycles. The molecule has 0 spiro atoms. The zero-order chi connectivity index (χ0) is 12.5. The number of ether oxygens (including phenoxy) is 2. The molecule has 3 rings (SSSR count). The van der Waals surface area contributed by atoms with Gasteiger partial charge in [-0.1, -0.05) is 6.92 Å². The lowest BCUT2D eigenvalue weighted by Crippen LogP contribution is -2.06. The van der Waals surface area contributed by atoms with Crippen molar-refractivity contribution in [2.24, 2.45) is 11.8 Å². The van der Waals surface area contributed by atoms with Gasteiger partial charge in [0.2, 0.25) is 0 Å². The molecule has 2 fully saturated rings. The molecule has 18 heavy (non-hydrogen) atoms. The summed E-state index contributed by atoms with van der Waals surface area (Å²) >= 11 is 1.40. The average Bonchev–Trinajstić information content (AvgIpc) is 2.83.